The van der Waals surface area contributed by atoms with Crippen LogP contribution >= 0.6 is 0 Å². The van der Waals surface area contributed by atoms with Crippen molar-refractivity contribution in [2.45, 2.75) is 13.1 Å². The molecule has 0 aliphatic heterocycles. The highest BCUT2D eigenvalue weighted by atomic mass is 16.2. The molecule has 0 aliphatic carbocycles. The molecule has 0 fully saturated rings. The van der Waals surface area contributed by atoms with Gasteiger partial charge in [0.05, 0.1) is 12.7 Å². The molecule has 0 bridgehead atoms. The fourth-order valence-corrected chi connectivity index (χ4v) is 2.01. The molecule has 0 unspecified atom stereocenters. The lowest BCUT2D eigenvalue weighted by Gasteiger charge is -2.02. The summed E-state index contributed by atoms with van der Waals surface area (Å²) in [5, 5.41) is 4.24. The van der Waals surface area contributed by atoms with E-state index in [0.29, 0.717) is 18.7 Å². The van der Waals surface area contributed by atoms with Crippen LogP contribution in [0.5, 0.6) is 0 Å². The third kappa shape index (κ3) is 2.13. The van der Waals surface area contributed by atoms with Crippen molar-refractivity contribution in [3.05, 3.63) is 64.5 Å². The molecule has 0 saturated carbocycles. The van der Waals surface area contributed by atoms with E-state index in [2.05, 4.69) is 10.1 Å². The highest BCUT2D eigenvalue weighted by molar-refractivity contribution is 5.32. The molecule has 0 atom stereocenters. The Balaban J connectivity index is 2.01. The Bertz CT molecular complexity index is 774. The van der Waals surface area contributed by atoms with Crippen LogP contribution in [0.4, 0.5) is 0 Å². The van der Waals surface area contributed by atoms with Gasteiger partial charge in [0, 0.05) is 18.9 Å². The lowest BCUT2D eigenvalue weighted by molar-refractivity contribution is 0.658. The highest BCUT2D eigenvalue weighted by Gasteiger charge is 2.06. The van der Waals surface area contributed by atoms with E-state index in [9.17, 15) is 4.79 Å². The molecule has 2 heterocycles. The van der Waals surface area contributed by atoms with Gasteiger partial charge in [-0.25, -0.2) is 13.9 Å². The first-order chi connectivity index (χ1) is 9.28. The molecule has 2 N–H and O–H groups in total. The molecule has 0 spiro atoms. The maximum Gasteiger partial charge on any atom is 0.350 e. The third-order valence-electron chi connectivity index (χ3n) is 2.95. The minimum atomic E-state index is -0.171. The molecule has 3 aromatic rings. The van der Waals surface area contributed by atoms with Gasteiger partial charge in [0.25, 0.3) is 0 Å². The summed E-state index contributed by atoms with van der Waals surface area (Å²) in [6, 6.07) is 7.82. The van der Waals surface area contributed by atoms with E-state index in [1.54, 1.807) is 18.6 Å². The predicted molar refractivity (Wildman–Crippen MR) is 70.7 cm³/mol. The number of nitrogens with zero attached hydrogens (tertiary/aromatic N) is 4. The van der Waals surface area contributed by atoms with Gasteiger partial charge in [0.15, 0.2) is 5.65 Å². The molecule has 6 heteroatoms. The molecular formula is C13H13N5O. The number of rotatable bonds is 3. The fraction of sp³-hybridized carbons (Fsp3) is 0.154. The van der Waals surface area contributed by atoms with Gasteiger partial charge < -0.3 is 5.73 Å². The molecule has 0 aliphatic rings. The number of benzene rings is 1. The summed E-state index contributed by atoms with van der Waals surface area (Å²) in [5.74, 6) is 0. The smallest absolute Gasteiger partial charge is 0.326 e. The van der Waals surface area contributed by atoms with Crippen LogP contribution in [0.25, 0.3) is 5.65 Å². The van der Waals surface area contributed by atoms with Gasteiger partial charge in [-0.05, 0) is 11.1 Å². The Hall–Kier alpha value is -2.47. The normalized spacial score (nSPS) is 11.0. The zero-order valence-electron chi connectivity index (χ0n) is 10.2. The summed E-state index contributed by atoms with van der Waals surface area (Å²) in [6.07, 6.45) is 4.74. The van der Waals surface area contributed by atoms with Crippen LogP contribution < -0.4 is 11.4 Å². The molecule has 19 heavy (non-hydrogen) atoms. The average molecular weight is 255 g/mol. The Morgan fingerprint density at radius 1 is 1.26 bits per heavy atom. The summed E-state index contributed by atoms with van der Waals surface area (Å²) in [6.45, 7) is 0.909. The lowest BCUT2D eigenvalue weighted by atomic mass is 10.1. The van der Waals surface area contributed by atoms with Gasteiger partial charge in [-0.1, -0.05) is 24.3 Å². The van der Waals surface area contributed by atoms with E-state index in [4.69, 9.17) is 5.73 Å². The topological polar surface area (TPSA) is 78.2 Å². The van der Waals surface area contributed by atoms with Crippen molar-refractivity contribution in [3.8, 4) is 0 Å². The number of hydrogen-bond donors (Lipinski definition) is 1. The zero-order valence-corrected chi connectivity index (χ0v) is 10.2. The van der Waals surface area contributed by atoms with Crippen molar-refractivity contribution in [3.63, 3.8) is 0 Å². The Morgan fingerprint density at radius 2 is 2.11 bits per heavy atom. The molecular weight excluding hydrogens is 242 g/mol. The second kappa shape index (κ2) is 4.66. The third-order valence-corrected chi connectivity index (χ3v) is 2.95. The number of aromatic nitrogens is 4. The van der Waals surface area contributed by atoms with E-state index in [1.165, 1.54) is 9.08 Å². The van der Waals surface area contributed by atoms with Crippen LogP contribution in [-0.4, -0.2) is 19.2 Å². The second-order valence-corrected chi connectivity index (χ2v) is 4.27. The van der Waals surface area contributed by atoms with Gasteiger partial charge in [0.2, 0.25) is 0 Å². The molecule has 0 amide bonds. The van der Waals surface area contributed by atoms with Crippen molar-refractivity contribution in [2.24, 2.45) is 5.73 Å². The maximum atomic E-state index is 12.1. The van der Waals surface area contributed by atoms with Crippen molar-refractivity contribution < 1.29 is 0 Å². The summed E-state index contributed by atoms with van der Waals surface area (Å²) >= 11 is 0. The lowest BCUT2D eigenvalue weighted by Crippen LogP contribution is -2.21. The largest absolute Gasteiger partial charge is 0.350 e. The quantitative estimate of drug-likeness (QED) is 0.734. The van der Waals surface area contributed by atoms with Gasteiger partial charge in [-0.2, -0.15) is 0 Å². The molecule has 0 radical (unpaired) electrons. The van der Waals surface area contributed by atoms with Crippen LogP contribution in [-0.2, 0) is 13.1 Å². The van der Waals surface area contributed by atoms with Gasteiger partial charge >= 0.3 is 5.69 Å². The molecule has 0 saturated heterocycles. The van der Waals surface area contributed by atoms with Gasteiger partial charge in [-0.15, -0.1) is 5.10 Å². The number of hydrogen-bond acceptors (Lipinski definition) is 4. The summed E-state index contributed by atoms with van der Waals surface area (Å²) in [7, 11) is 0. The Morgan fingerprint density at radius 3 is 2.89 bits per heavy atom. The number of fused-ring (bicyclic) bond motifs is 1. The van der Waals surface area contributed by atoms with E-state index in [-0.39, 0.29) is 5.69 Å². The summed E-state index contributed by atoms with van der Waals surface area (Å²) < 4.78 is 2.90. The van der Waals surface area contributed by atoms with Crippen LogP contribution in [0, 0.1) is 0 Å². The van der Waals surface area contributed by atoms with Crippen molar-refractivity contribution >= 4 is 5.65 Å². The highest BCUT2D eigenvalue weighted by Crippen LogP contribution is 2.06. The van der Waals surface area contributed by atoms with Gasteiger partial charge in [-0.3, -0.25) is 4.98 Å². The Kier molecular flexibility index (Phi) is 2.85. The summed E-state index contributed by atoms with van der Waals surface area (Å²) in [4.78, 5) is 16.0. The minimum Gasteiger partial charge on any atom is -0.326 e. The molecule has 96 valence electrons. The SMILES string of the molecule is NCc1cccc(Cn2nc3cnccn3c2=O)c1. The Labute approximate surface area is 109 Å². The summed E-state index contributed by atoms with van der Waals surface area (Å²) in [5.41, 5.74) is 8.02. The van der Waals surface area contributed by atoms with E-state index in [1.807, 2.05) is 24.3 Å². The van der Waals surface area contributed by atoms with E-state index >= 15 is 0 Å². The molecule has 2 aromatic heterocycles. The van der Waals surface area contributed by atoms with Gasteiger partial charge in [0.1, 0.15) is 0 Å². The first-order valence-corrected chi connectivity index (χ1v) is 5.95. The van der Waals surface area contributed by atoms with E-state index in [0.717, 1.165) is 11.1 Å². The van der Waals surface area contributed by atoms with Crippen molar-refractivity contribution in [1.29, 1.82) is 0 Å². The zero-order chi connectivity index (χ0) is 13.2. The number of nitrogens with two attached hydrogens (primary N) is 1. The minimum absolute atomic E-state index is 0.171. The van der Waals surface area contributed by atoms with Crippen LogP contribution in [0.2, 0.25) is 0 Å². The average Bonchev–Trinajstić information content (AvgIpc) is 2.76. The van der Waals surface area contributed by atoms with Crippen LogP contribution in [0.1, 0.15) is 11.1 Å². The maximum absolute atomic E-state index is 12.1. The first kappa shape index (κ1) is 11.6. The standard InChI is InChI=1S/C13H13N5O/c14-7-10-2-1-3-11(6-10)9-18-13(19)17-5-4-15-8-12(17)16-18/h1-6,8H,7,9,14H2. The molecule has 3 rings (SSSR count). The monoisotopic (exact) mass is 255 g/mol. The molecule has 6 nitrogen and oxygen atoms in total. The van der Waals surface area contributed by atoms with Crippen molar-refractivity contribution in [2.75, 3.05) is 0 Å². The van der Waals surface area contributed by atoms with Crippen LogP contribution in [0.3, 0.4) is 0 Å². The van der Waals surface area contributed by atoms with Crippen LogP contribution in [0.15, 0.2) is 47.7 Å². The van der Waals surface area contributed by atoms with Crippen molar-refractivity contribution in [1.82, 2.24) is 19.2 Å². The predicted octanol–water partition coefficient (Wildman–Crippen LogP) is 0.398. The second-order valence-electron chi connectivity index (χ2n) is 4.27. The van der Waals surface area contributed by atoms with E-state index < -0.39 is 0 Å². The first-order valence-electron chi connectivity index (χ1n) is 5.95. The molecule has 1 aromatic carbocycles. The fourth-order valence-electron chi connectivity index (χ4n) is 2.01.